The minimum absolute atomic E-state index is 0.0780. The lowest BCUT2D eigenvalue weighted by molar-refractivity contribution is -0.120. The first kappa shape index (κ1) is 19.5. The fraction of sp³-hybridized carbons (Fsp3) is 0.200. The first-order chi connectivity index (χ1) is 13.0. The molecule has 0 aliphatic carbocycles. The number of oxazole rings is 1. The zero-order valence-electron chi connectivity index (χ0n) is 14.6. The predicted molar refractivity (Wildman–Crippen MR) is 106 cm³/mol. The normalized spacial score (nSPS) is 12.0. The van der Waals surface area contributed by atoms with E-state index in [1.54, 1.807) is 30.5 Å². The summed E-state index contributed by atoms with van der Waals surface area (Å²) < 4.78 is 18.4. The fourth-order valence-electron chi connectivity index (χ4n) is 2.32. The number of amides is 1. The van der Waals surface area contributed by atoms with E-state index in [1.165, 1.54) is 23.9 Å². The van der Waals surface area contributed by atoms with Crippen LogP contribution < -0.4 is 5.32 Å². The molecule has 3 aromatic rings. The zero-order valence-corrected chi connectivity index (χ0v) is 16.2. The maximum Gasteiger partial charge on any atom is 0.233 e. The fourth-order valence-corrected chi connectivity index (χ4v) is 3.23. The van der Waals surface area contributed by atoms with Crippen LogP contribution in [0.4, 0.5) is 4.39 Å². The number of hydrogen-bond acceptors (Lipinski definition) is 4. The van der Waals surface area contributed by atoms with Crippen molar-refractivity contribution in [3.8, 4) is 11.5 Å². The van der Waals surface area contributed by atoms with Crippen LogP contribution in [-0.2, 0) is 17.1 Å². The number of benzene rings is 2. The Labute approximate surface area is 166 Å². The smallest absolute Gasteiger partial charge is 0.233 e. The maximum atomic E-state index is 12.9. The topological polar surface area (TPSA) is 55.1 Å². The molecule has 2 aromatic carbocycles. The minimum atomic E-state index is -0.292. The average Bonchev–Trinajstić information content (AvgIpc) is 3.15. The Morgan fingerprint density at radius 3 is 2.63 bits per heavy atom. The molecule has 0 spiro atoms. The van der Waals surface area contributed by atoms with E-state index in [1.807, 2.05) is 19.1 Å². The molecule has 0 fully saturated rings. The first-order valence-electron chi connectivity index (χ1n) is 8.35. The van der Waals surface area contributed by atoms with E-state index in [4.69, 9.17) is 16.0 Å². The number of halogens is 2. The van der Waals surface area contributed by atoms with Crippen molar-refractivity contribution >= 4 is 29.3 Å². The van der Waals surface area contributed by atoms with Crippen LogP contribution in [0, 0.1) is 5.82 Å². The standard InChI is InChI=1S/C20H18ClFN2O2S/c1-13(19(25)23-10-14-2-8-17(22)9-3-14)27-12-18-11-26-20(24-18)15-4-6-16(21)7-5-15/h2-9,11,13H,10,12H2,1H3,(H,23,25). The molecule has 1 heterocycles. The van der Waals surface area contributed by atoms with Crippen molar-refractivity contribution in [3.63, 3.8) is 0 Å². The molecule has 0 aliphatic rings. The van der Waals surface area contributed by atoms with Crippen LogP contribution >= 0.6 is 23.4 Å². The van der Waals surface area contributed by atoms with Gasteiger partial charge < -0.3 is 9.73 Å². The Balaban J connectivity index is 1.48. The molecular weight excluding hydrogens is 387 g/mol. The van der Waals surface area contributed by atoms with E-state index in [0.29, 0.717) is 23.2 Å². The number of nitrogens with zero attached hydrogens (tertiary/aromatic N) is 1. The molecule has 1 N–H and O–H groups in total. The molecule has 0 saturated heterocycles. The number of nitrogens with one attached hydrogen (secondary N) is 1. The van der Waals surface area contributed by atoms with Crippen LogP contribution in [0.3, 0.4) is 0 Å². The van der Waals surface area contributed by atoms with Crippen LogP contribution in [0.15, 0.2) is 59.2 Å². The zero-order chi connectivity index (χ0) is 19.2. The molecule has 0 bridgehead atoms. The Morgan fingerprint density at radius 1 is 1.22 bits per heavy atom. The highest BCUT2D eigenvalue weighted by Crippen LogP contribution is 2.23. The molecule has 140 valence electrons. The summed E-state index contributed by atoms with van der Waals surface area (Å²) in [6.45, 7) is 2.21. The van der Waals surface area contributed by atoms with Gasteiger partial charge in [0.1, 0.15) is 12.1 Å². The van der Waals surface area contributed by atoms with E-state index in [9.17, 15) is 9.18 Å². The largest absolute Gasteiger partial charge is 0.444 e. The van der Waals surface area contributed by atoms with E-state index < -0.39 is 0 Å². The molecule has 4 nitrogen and oxygen atoms in total. The van der Waals surface area contributed by atoms with E-state index in [2.05, 4.69) is 10.3 Å². The highest BCUT2D eigenvalue weighted by Gasteiger charge is 2.15. The van der Waals surface area contributed by atoms with Crippen molar-refractivity contribution in [2.45, 2.75) is 24.5 Å². The van der Waals surface area contributed by atoms with Gasteiger partial charge in [0.15, 0.2) is 0 Å². The van der Waals surface area contributed by atoms with Crippen molar-refractivity contribution in [3.05, 3.63) is 76.9 Å². The van der Waals surface area contributed by atoms with Gasteiger partial charge in [0.2, 0.25) is 11.8 Å². The van der Waals surface area contributed by atoms with Gasteiger partial charge in [0.05, 0.1) is 10.9 Å². The van der Waals surface area contributed by atoms with Gasteiger partial charge in [-0.15, -0.1) is 11.8 Å². The Bertz CT molecular complexity index is 897. The maximum absolute atomic E-state index is 12.9. The number of aromatic nitrogens is 1. The summed E-state index contributed by atoms with van der Waals surface area (Å²) in [5, 5.41) is 3.26. The SMILES string of the molecule is CC(SCc1coc(-c2ccc(Cl)cc2)n1)C(=O)NCc1ccc(F)cc1. The second-order valence-corrected chi connectivity index (χ2v) is 7.71. The van der Waals surface area contributed by atoms with Gasteiger partial charge in [-0.2, -0.15) is 0 Å². The third kappa shape index (κ3) is 5.58. The summed E-state index contributed by atoms with van der Waals surface area (Å²) in [6.07, 6.45) is 1.60. The van der Waals surface area contributed by atoms with E-state index >= 15 is 0 Å². The monoisotopic (exact) mass is 404 g/mol. The Morgan fingerprint density at radius 2 is 1.93 bits per heavy atom. The number of rotatable bonds is 7. The predicted octanol–water partition coefficient (Wildman–Crippen LogP) is 5.07. The van der Waals surface area contributed by atoms with Gasteiger partial charge in [0, 0.05) is 22.9 Å². The molecule has 0 saturated carbocycles. The van der Waals surface area contributed by atoms with Gasteiger partial charge in [-0.1, -0.05) is 23.7 Å². The van der Waals surface area contributed by atoms with Crippen LogP contribution in [0.2, 0.25) is 5.02 Å². The van der Waals surface area contributed by atoms with Crippen molar-refractivity contribution in [1.82, 2.24) is 10.3 Å². The molecule has 27 heavy (non-hydrogen) atoms. The summed E-state index contributed by atoms with van der Waals surface area (Å²) in [5.41, 5.74) is 2.47. The quantitative estimate of drug-likeness (QED) is 0.597. The molecule has 1 amide bonds. The number of carbonyl (C=O) groups excluding carboxylic acids is 1. The molecule has 1 unspecified atom stereocenters. The second kappa shape index (κ2) is 9.06. The number of thioether (sulfide) groups is 1. The molecule has 0 aliphatic heterocycles. The lowest BCUT2D eigenvalue weighted by Crippen LogP contribution is -2.30. The molecule has 7 heteroatoms. The van der Waals surface area contributed by atoms with Crippen LogP contribution in [0.5, 0.6) is 0 Å². The molecule has 3 rings (SSSR count). The minimum Gasteiger partial charge on any atom is -0.444 e. The number of hydrogen-bond donors (Lipinski definition) is 1. The highest BCUT2D eigenvalue weighted by atomic mass is 35.5. The third-order valence-electron chi connectivity index (χ3n) is 3.87. The highest BCUT2D eigenvalue weighted by molar-refractivity contribution is 7.99. The summed E-state index contributed by atoms with van der Waals surface area (Å²) in [7, 11) is 0. The van der Waals surface area contributed by atoms with Crippen LogP contribution in [0.1, 0.15) is 18.2 Å². The first-order valence-corrected chi connectivity index (χ1v) is 9.78. The summed E-state index contributed by atoms with van der Waals surface area (Å²) >= 11 is 7.35. The van der Waals surface area contributed by atoms with Crippen LogP contribution in [-0.4, -0.2) is 16.1 Å². The Hall–Kier alpha value is -2.31. The third-order valence-corrected chi connectivity index (χ3v) is 5.30. The average molecular weight is 405 g/mol. The van der Waals surface area contributed by atoms with Crippen molar-refractivity contribution < 1.29 is 13.6 Å². The second-order valence-electron chi connectivity index (χ2n) is 5.95. The Kier molecular flexibility index (Phi) is 6.53. The number of carbonyl (C=O) groups is 1. The van der Waals surface area contributed by atoms with Crippen LogP contribution in [0.25, 0.3) is 11.5 Å². The summed E-state index contributed by atoms with van der Waals surface area (Å²) in [4.78, 5) is 16.6. The molecule has 0 radical (unpaired) electrons. The van der Waals surface area contributed by atoms with Gasteiger partial charge in [0.25, 0.3) is 0 Å². The van der Waals surface area contributed by atoms with Gasteiger partial charge in [-0.25, -0.2) is 9.37 Å². The summed E-state index contributed by atoms with van der Waals surface area (Å²) in [6, 6.07) is 13.3. The van der Waals surface area contributed by atoms with E-state index in [0.717, 1.165) is 16.8 Å². The molecule has 1 aromatic heterocycles. The van der Waals surface area contributed by atoms with Crippen molar-refractivity contribution in [2.75, 3.05) is 0 Å². The van der Waals surface area contributed by atoms with Gasteiger partial charge in [-0.3, -0.25) is 4.79 Å². The van der Waals surface area contributed by atoms with Crippen molar-refractivity contribution in [2.24, 2.45) is 0 Å². The van der Waals surface area contributed by atoms with Gasteiger partial charge >= 0.3 is 0 Å². The van der Waals surface area contributed by atoms with Crippen molar-refractivity contribution in [1.29, 1.82) is 0 Å². The summed E-state index contributed by atoms with van der Waals surface area (Å²) in [5.74, 6) is 0.711. The van der Waals surface area contributed by atoms with E-state index in [-0.39, 0.29) is 17.0 Å². The molecular formula is C20H18ClFN2O2S. The van der Waals surface area contributed by atoms with Gasteiger partial charge in [-0.05, 0) is 48.9 Å². The lowest BCUT2D eigenvalue weighted by atomic mass is 10.2. The lowest BCUT2D eigenvalue weighted by Gasteiger charge is -2.11. The molecule has 1 atom stereocenters.